The lowest BCUT2D eigenvalue weighted by Crippen LogP contribution is -2.57. The number of hydrogen-bond donors (Lipinski definition) is 2. The molecule has 2 aliphatic carbocycles. The minimum absolute atomic E-state index is 0.0594. The smallest absolute Gasteiger partial charge is 0.411 e. The minimum Gasteiger partial charge on any atom is -0.459 e. The Labute approximate surface area is 265 Å². The van der Waals surface area contributed by atoms with Crippen LogP contribution >= 0.6 is 11.3 Å². The number of thiazole rings is 1. The zero-order valence-corrected chi connectivity index (χ0v) is 28.1. The van der Waals surface area contributed by atoms with Crippen LogP contribution in [0.2, 0.25) is 0 Å². The standard InChI is InChI=1S/C32H51N5O6S/c1-31(2,3)42-26(38)19-37(30(41)43-32(4,5)6)24(17-20-11-8-7-9-12-20)28(40)36-16-10-13-23(36)27(39)34-21-14-15-22-25(18-21)44-29(33)35-22/h20-21,23-24H,7-19H2,1-6H3,(H2,33,35)(H,34,39)/t21?,23?,24-/m1/s1. The van der Waals surface area contributed by atoms with Crippen molar-refractivity contribution in [2.45, 2.75) is 141 Å². The van der Waals surface area contributed by atoms with Gasteiger partial charge < -0.3 is 25.4 Å². The summed E-state index contributed by atoms with van der Waals surface area (Å²) in [7, 11) is 0. The number of ether oxygens (including phenoxy) is 2. The first-order valence-corrected chi connectivity index (χ1v) is 17.0. The fraction of sp³-hybridized carbons (Fsp3) is 0.781. The lowest BCUT2D eigenvalue weighted by Gasteiger charge is -2.38. The van der Waals surface area contributed by atoms with Crippen molar-refractivity contribution < 1.29 is 28.7 Å². The number of nitrogens with one attached hydrogen (secondary N) is 1. The maximum absolute atomic E-state index is 14.5. The SMILES string of the molecule is CC(C)(C)OC(=O)CN(C(=O)OC(C)(C)C)[C@H](CC1CCCCC1)C(=O)N1CCCC1C(=O)NC1CCc2nc(N)sc2C1. The average Bonchev–Trinajstić information content (AvgIpc) is 3.55. The number of aryl methyl sites for hydroxylation is 1. The van der Waals surface area contributed by atoms with E-state index in [0.717, 1.165) is 55.5 Å². The van der Waals surface area contributed by atoms with Crippen LogP contribution in [0.5, 0.6) is 0 Å². The molecule has 2 unspecified atom stereocenters. The van der Waals surface area contributed by atoms with Gasteiger partial charge in [0.05, 0.1) is 5.69 Å². The largest absolute Gasteiger partial charge is 0.459 e. The molecule has 12 heteroatoms. The Hall–Kier alpha value is -2.89. The zero-order valence-electron chi connectivity index (χ0n) is 27.3. The predicted molar refractivity (Wildman–Crippen MR) is 169 cm³/mol. The lowest BCUT2D eigenvalue weighted by molar-refractivity contribution is -0.158. The van der Waals surface area contributed by atoms with Gasteiger partial charge in [0.2, 0.25) is 11.8 Å². The molecule has 1 aromatic rings. The van der Waals surface area contributed by atoms with Crippen molar-refractivity contribution in [1.29, 1.82) is 0 Å². The van der Waals surface area contributed by atoms with E-state index >= 15 is 0 Å². The van der Waals surface area contributed by atoms with E-state index in [4.69, 9.17) is 15.2 Å². The molecular formula is C32H51N5O6S. The fourth-order valence-electron chi connectivity index (χ4n) is 6.55. The molecule has 3 N–H and O–H groups in total. The third kappa shape index (κ3) is 9.31. The maximum atomic E-state index is 14.5. The second-order valence-electron chi connectivity index (χ2n) is 14.5. The highest BCUT2D eigenvalue weighted by molar-refractivity contribution is 7.15. The van der Waals surface area contributed by atoms with Gasteiger partial charge in [-0.1, -0.05) is 32.1 Å². The highest BCUT2D eigenvalue weighted by atomic mass is 32.1. The van der Waals surface area contributed by atoms with E-state index in [2.05, 4.69) is 10.3 Å². The molecule has 3 aliphatic rings. The van der Waals surface area contributed by atoms with Crippen molar-refractivity contribution in [3.05, 3.63) is 10.6 Å². The number of hydrogen-bond acceptors (Lipinski definition) is 9. The topological polar surface area (TPSA) is 144 Å². The van der Waals surface area contributed by atoms with Crippen LogP contribution in [0.1, 0.15) is 110 Å². The molecule has 1 aliphatic heterocycles. The van der Waals surface area contributed by atoms with E-state index in [0.29, 0.717) is 37.4 Å². The molecule has 0 aromatic carbocycles. The Morgan fingerprint density at radius 2 is 1.68 bits per heavy atom. The molecule has 0 spiro atoms. The van der Waals surface area contributed by atoms with Crippen LogP contribution in [-0.2, 0) is 36.7 Å². The van der Waals surface area contributed by atoms with Crippen LogP contribution in [0, 0.1) is 5.92 Å². The van der Waals surface area contributed by atoms with Crippen molar-refractivity contribution >= 4 is 40.3 Å². The van der Waals surface area contributed by atoms with Crippen LogP contribution in [0.25, 0.3) is 0 Å². The number of amides is 3. The number of carbonyl (C=O) groups is 4. The van der Waals surface area contributed by atoms with Crippen LogP contribution in [0.4, 0.5) is 9.93 Å². The number of nitrogens with two attached hydrogens (primary N) is 1. The predicted octanol–water partition coefficient (Wildman–Crippen LogP) is 4.61. The fourth-order valence-corrected chi connectivity index (χ4v) is 7.50. The van der Waals surface area contributed by atoms with Gasteiger partial charge >= 0.3 is 12.1 Å². The lowest BCUT2D eigenvalue weighted by atomic mass is 9.84. The molecule has 44 heavy (non-hydrogen) atoms. The summed E-state index contributed by atoms with van der Waals surface area (Å²) in [5.41, 5.74) is 5.31. The van der Waals surface area contributed by atoms with Crippen molar-refractivity contribution in [2.75, 3.05) is 18.8 Å². The molecule has 1 saturated carbocycles. The van der Waals surface area contributed by atoms with Gasteiger partial charge in [0.1, 0.15) is 29.8 Å². The minimum atomic E-state index is -0.953. The van der Waals surface area contributed by atoms with E-state index < -0.39 is 41.9 Å². The van der Waals surface area contributed by atoms with Gasteiger partial charge in [-0.15, -0.1) is 11.3 Å². The molecule has 1 saturated heterocycles. The Kier molecular flexibility index (Phi) is 10.8. The van der Waals surface area contributed by atoms with Crippen LogP contribution in [0.15, 0.2) is 0 Å². The van der Waals surface area contributed by atoms with Crippen LogP contribution in [-0.4, -0.2) is 81.1 Å². The monoisotopic (exact) mass is 633 g/mol. The summed E-state index contributed by atoms with van der Waals surface area (Å²) in [5.74, 6) is -0.890. The summed E-state index contributed by atoms with van der Waals surface area (Å²) < 4.78 is 11.3. The van der Waals surface area contributed by atoms with Crippen molar-refractivity contribution in [3.63, 3.8) is 0 Å². The van der Waals surface area contributed by atoms with Crippen molar-refractivity contribution in [2.24, 2.45) is 5.92 Å². The second kappa shape index (κ2) is 14.0. The van der Waals surface area contributed by atoms with E-state index in [1.165, 1.54) is 16.2 Å². The number of nitrogen functional groups attached to an aromatic ring is 1. The zero-order chi connectivity index (χ0) is 32.2. The molecule has 246 valence electrons. The number of rotatable bonds is 8. The summed E-state index contributed by atoms with van der Waals surface area (Å²) in [6.45, 7) is 10.5. The molecule has 1 aromatic heterocycles. The Balaban J connectivity index is 1.56. The van der Waals surface area contributed by atoms with Gasteiger partial charge in [-0.25, -0.2) is 9.78 Å². The highest BCUT2D eigenvalue weighted by Gasteiger charge is 2.43. The first-order chi connectivity index (χ1) is 20.6. The Bertz CT molecular complexity index is 1200. The second-order valence-corrected chi connectivity index (χ2v) is 15.6. The van der Waals surface area contributed by atoms with Crippen LogP contribution in [0.3, 0.4) is 0 Å². The summed E-state index contributed by atoms with van der Waals surface area (Å²) >= 11 is 1.46. The van der Waals surface area contributed by atoms with Gasteiger partial charge in [-0.3, -0.25) is 19.3 Å². The maximum Gasteiger partial charge on any atom is 0.411 e. The van der Waals surface area contributed by atoms with Crippen molar-refractivity contribution in [3.8, 4) is 0 Å². The molecule has 0 radical (unpaired) electrons. The molecule has 3 atom stereocenters. The quantitative estimate of drug-likeness (QED) is 0.395. The Morgan fingerprint density at radius 3 is 2.34 bits per heavy atom. The van der Waals surface area contributed by atoms with E-state index in [9.17, 15) is 19.2 Å². The number of nitrogens with zero attached hydrogens (tertiary/aromatic N) is 3. The van der Waals surface area contributed by atoms with Crippen molar-refractivity contribution in [1.82, 2.24) is 20.1 Å². The molecule has 0 bridgehead atoms. The van der Waals surface area contributed by atoms with E-state index in [-0.39, 0.29) is 23.8 Å². The Morgan fingerprint density at radius 1 is 1.00 bits per heavy atom. The number of fused-ring (bicyclic) bond motifs is 1. The number of anilines is 1. The van der Waals surface area contributed by atoms with E-state index in [1.54, 1.807) is 46.4 Å². The molecular weight excluding hydrogens is 582 g/mol. The summed E-state index contributed by atoms with van der Waals surface area (Å²) in [6, 6.07) is -1.66. The number of carbonyl (C=O) groups excluding carboxylic acids is 4. The van der Waals surface area contributed by atoms with Gasteiger partial charge in [-0.2, -0.15) is 0 Å². The third-order valence-electron chi connectivity index (χ3n) is 8.43. The van der Waals surface area contributed by atoms with Crippen LogP contribution < -0.4 is 11.1 Å². The first kappa shape index (κ1) is 34.0. The molecule has 4 rings (SSSR count). The molecule has 3 amide bonds. The summed E-state index contributed by atoms with van der Waals surface area (Å²) in [6.07, 6.45) is 8.25. The number of esters is 1. The van der Waals surface area contributed by atoms with Gasteiger partial charge in [0, 0.05) is 23.9 Å². The summed E-state index contributed by atoms with van der Waals surface area (Å²) in [4.78, 5) is 63.3. The molecule has 2 heterocycles. The normalized spacial score (nSPS) is 21.7. The van der Waals surface area contributed by atoms with Gasteiger partial charge in [-0.05, 0) is 79.6 Å². The molecule has 11 nitrogen and oxygen atoms in total. The van der Waals surface area contributed by atoms with Gasteiger partial charge in [0.25, 0.3) is 0 Å². The number of likely N-dealkylation sites (tertiary alicyclic amines) is 1. The van der Waals surface area contributed by atoms with Gasteiger partial charge in [0.15, 0.2) is 5.13 Å². The van der Waals surface area contributed by atoms with E-state index in [1.807, 2.05) is 0 Å². The summed E-state index contributed by atoms with van der Waals surface area (Å²) in [5, 5.41) is 3.72. The average molecular weight is 634 g/mol. The number of aromatic nitrogens is 1. The molecule has 2 fully saturated rings. The third-order valence-corrected chi connectivity index (χ3v) is 9.38. The highest BCUT2D eigenvalue weighted by Crippen LogP contribution is 2.32. The first-order valence-electron chi connectivity index (χ1n) is 16.2.